The molecule has 6 heteroatoms. The number of anilines is 1. The van der Waals surface area contributed by atoms with Crippen molar-refractivity contribution in [1.82, 2.24) is 0 Å². The van der Waals surface area contributed by atoms with Gasteiger partial charge in [-0.25, -0.2) is 4.79 Å². The molecule has 0 bridgehead atoms. The summed E-state index contributed by atoms with van der Waals surface area (Å²) in [6.07, 6.45) is 1.58. The van der Waals surface area contributed by atoms with Gasteiger partial charge in [0.25, 0.3) is 0 Å². The quantitative estimate of drug-likeness (QED) is 0.777. The predicted molar refractivity (Wildman–Crippen MR) is 86.7 cm³/mol. The number of nitrogens with zero attached hydrogens (tertiary/aromatic N) is 1. The molecule has 1 aromatic carbocycles. The molecule has 0 saturated carbocycles. The SMILES string of the molecule is CCCCOC(=O)N1c2cc(OC)c(OC)cc2C(=O)CC1C. The lowest BCUT2D eigenvalue weighted by Crippen LogP contribution is -2.44. The Hall–Kier alpha value is -2.24. The third-order valence-corrected chi connectivity index (χ3v) is 3.90. The van der Waals surface area contributed by atoms with Crippen LogP contribution in [0.5, 0.6) is 11.5 Å². The molecule has 1 unspecified atom stereocenters. The second-order valence-electron chi connectivity index (χ2n) is 5.54. The van der Waals surface area contributed by atoms with Crippen molar-refractivity contribution in [3.63, 3.8) is 0 Å². The molecule has 0 aromatic heterocycles. The molecule has 0 fully saturated rings. The highest BCUT2D eigenvalue weighted by Gasteiger charge is 2.35. The molecule has 1 aliphatic rings. The van der Waals surface area contributed by atoms with Crippen molar-refractivity contribution in [2.45, 2.75) is 39.2 Å². The van der Waals surface area contributed by atoms with E-state index in [1.165, 1.54) is 19.1 Å². The van der Waals surface area contributed by atoms with Gasteiger partial charge in [0.15, 0.2) is 17.3 Å². The first-order valence-corrected chi connectivity index (χ1v) is 7.78. The molecule has 6 nitrogen and oxygen atoms in total. The topological polar surface area (TPSA) is 65.1 Å². The molecule has 2 rings (SSSR count). The maximum Gasteiger partial charge on any atom is 0.414 e. The number of ketones is 1. The summed E-state index contributed by atoms with van der Waals surface area (Å²) in [6, 6.07) is 3.01. The maximum absolute atomic E-state index is 12.4. The van der Waals surface area contributed by atoms with Crippen LogP contribution >= 0.6 is 0 Å². The Kier molecular flexibility index (Phi) is 5.47. The molecule has 0 radical (unpaired) electrons. The Morgan fingerprint density at radius 1 is 1.26 bits per heavy atom. The highest BCUT2D eigenvalue weighted by Crippen LogP contribution is 2.39. The van der Waals surface area contributed by atoms with Gasteiger partial charge in [-0.2, -0.15) is 0 Å². The number of methoxy groups -OCH3 is 2. The summed E-state index contributed by atoms with van der Waals surface area (Å²) in [5.74, 6) is 0.916. The number of amides is 1. The van der Waals surface area contributed by atoms with Gasteiger partial charge in [0, 0.05) is 24.1 Å². The number of benzene rings is 1. The van der Waals surface area contributed by atoms with E-state index in [-0.39, 0.29) is 18.2 Å². The molecule has 1 aromatic rings. The van der Waals surface area contributed by atoms with E-state index in [0.717, 1.165) is 12.8 Å². The van der Waals surface area contributed by atoms with Crippen molar-refractivity contribution in [2.75, 3.05) is 25.7 Å². The van der Waals surface area contributed by atoms with Crippen molar-refractivity contribution in [3.8, 4) is 11.5 Å². The first-order valence-electron chi connectivity index (χ1n) is 7.78. The lowest BCUT2D eigenvalue weighted by molar-refractivity contribution is 0.0965. The molecule has 1 heterocycles. The third-order valence-electron chi connectivity index (χ3n) is 3.90. The number of carbonyl (C=O) groups is 2. The van der Waals surface area contributed by atoms with Crippen molar-refractivity contribution in [2.24, 2.45) is 0 Å². The van der Waals surface area contributed by atoms with Crippen LogP contribution in [0.2, 0.25) is 0 Å². The Bertz CT molecular complexity index is 599. The summed E-state index contributed by atoms with van der Waals surface area (Å²) in [4.78, 5) is 26.3. The van der Waals surface area contributed by atoms with Crippen LogP contribution in [0.1, 0.15) is 43.5 Å². The van der Waals surface area contributed by atoms with Crippen LogP contribution in [-0.2, 0) is 4.74 Å². The van der Waals surface area contributed by atoms with E-state index in [1.54, 1.807) is 12.1 Å². The fraction of sp³-hybridized carbons (Fsp3) is 0.529. The van der Waals surface area contributed by atoms with Crippen molar-refractivity contribution < 1.29 is 23.8 Å². The summed E-state index contributed by atoms with van der Waals surface area (Å²) < 4.78 is 15.8. The second-order valence-corrected chi connectivity index (χ2v) is 5.54. The molecule has 0 spiro atoms. The van der Waals surface area contributed by atoms with E-state index >= 15 is 0 Å². The van der Waals surface area contributed by atoms with E-state index < -0.39 is 6.09 Å². The zero-order valence-electron chi connectivity index (χ0n) is 14.0. The minimum Gasteiger partial charge on any atom is -0.493 e. The van der Waals surface area contributed by atoms with E-state index in [1.807, 2.05) is 13.8 Å². The van der Waals surface area contributed by atoms with Gasteiger partial charge in [0.05, 0.1) is 26.5 Å². The van der Waals surface area contributed by atoms with Crippen LogP contribution in [0.3, 0.4) is 0 Å². The number of fused-ring (bicyclic) bond motifs is 1. The van der Waals surface area contributed by atoms with Gasteiger partial charge in [-0.05, 0) is 19.4 Å². The number of unbranched alkanes of at least 4 members (excludes halogenated alkanes) is 1. The summed E-state index contributed by atoms with van der Waals surface area (Å²) >= 11 is 0. The summed E-state index contributed by atoms with van der Waals surface area (Å²) in [7, 11) is 3.03. The zero-order valence-corrected chi connectivity index (χ0v) is 14.0. The van der Waals surface area contributed by atoms with Gasteiger partial charge in [0.1, 0.15) is 0 Å². The molecule has 1 aliphatic heterocycles. The second kappa shape index (κ2) is 7.35. The van der Waals surface area contributed by atoms with Gasteiger partial charge < -0.3 is 14.2 Å². The lowest BCUT2D eigenvalue weighted by atomic mass is 9.95. The predicted octanol–water partition coefficient (Wildman–Crippen LogP) is 3.42. The summed E-state index contributed by atoms with van der Waals surface area (Å²) in [5.41, 5.74) is 0.959. The summed E-state index contributed by atoms with van der Waals surface area (Å²) in [5, 5.41) is 0. The molecule has 0 N–H and O–H groups in total. The van der Waals surface area contributed by atoms with Gasteiger partial charge in [-0.15, -0.1) is 0 Å². The van der Waals surface area contributed by atoms with Crippen LogP contribution < -0.4 is 14.4 Å². The standard InChI is InChI=1S/C17H23NO5/c1-5-6-7-23-17(20)18-11(2)8-14(19)12-9-15(21-3)16(22-4)10-13(12)18/h9-11H,5-8H2,1-4H3. The minimum atomic E-state index is -0.438. The van der Waals surface area contributed by atoms with Crippen molar-refractivity contribution >= 4 is 17.6 Å². The monoisotopic (exact) mass is 321 g/mol. The van der Waals surface area contributed by atoms with Crippen molar-refractivity contribution in [1.29, 1.82) is 0 Å². The van der Waals surface area contributed by atoms with Gasteiger partial charge >= 0.3 is 6.09 Å². The van der Waals surface area contributed by atoms with E-state index in [4.69, 9.17) is 14.2 Å². The molecule has 1 atom stereocenters. The number of Topliss-reactive ketones (excluding diaryl/α,β-unsaturated/α-hetero) is 1. The Morgan fingerprint density at radius 3 is 2.52 bits per heavy atom. The molecule has 126 valence electrons. The van der Waals surface area contributed by atoms with E-state index in [0.29, 0.717) is 29.4 Å². The molecule has 0 aliphatic carbocycles. The first-order chi connectivity index (χ1) is 11.0. The molecule has 0 saturated heterocycles. The lowest BCUT2D eigenvalue weighted by Gasteiger charge is -2.34. The van der Waals surface area contributed by atoms with E-state index in [2.05, 4.69) is 0 Å². The number of rotatable bonds is 5. The Morgan fingerprint density at radius 2 is 1.91 bits per heavy atom. The van der Waals surface area contributed by atoms with Gasteiger partial charge in [-0.1, -0.05) is 13.3 Å². The largest absolute Gasteiger partial charge is 0.493 e. The average Bonchev–Trinajstić information content (AvgIpc) is 2.53. The minimum absolute atomic E-state index is 0.0222. The maximum atomic E-state index is 12.4. The zero-order chi connectivity index (χ0) is 17.0. The van der Waals surface area contributed by atoms with Crippen LogP contribution in [0.25, 0.3) is 0 Å². The Labute approximate surface area is 136 Å². The normalized spacial score (nSPS) is 16.8. The smallest absolute Gasteiger partial charge is 0.414 e. The fourth-order valence-corrected chi connectivity index (χ4v) is 2.65. The fourth-order valence-electron chi connectivity index (χ4n) is 2.65. The number of hydrogen-bond acceptors (Lipinski definition) is 5. The molecule has 1 amide bonds. The highest BCUT2D eigenvalue weighted by molar-refractivity contribution is 6.08. The molecular weight excluding hydrogens is 298 g/mol. The highest BCUT2D eigenvalue weighted by atomic mass is 16.6. The number of carbonyl (C=O) groups excluding carboxylic acids is 2. The first kappa shape index (κ1) is 17.1. The number of ether oxygens (including phenoxy) is 3. The van der Waals surface area contributed by atoms with Gasteiger partial charge in [-0.3, -0.25) is 9.69 Å². The van der Waals surface area contributed by atoms with E-state index in [9.17, 15) is 9.59 Å². The number of hydrogen-bond donors (Lipinski definition) is 0. The van der Waals surface area contributed by atoms with Crippen LogP contribution in [0.4, 0.5) is 10.5 Å². The van der Waals surface area contributed by atoms with Crippen molar-refractivity contribution in [3.05, 3.63) is 17.7 Å². The van der Waals surface area contributed by atoms with Crippen LogP contribution in [-0.4, -0.2) is 38.7 Å². The Balaban J connectivity index is 2.40. The molecule has 23 heavy (non-hydrogen) atoms. The van der Waals surface area contributed by atoms with Crippen LogP contribution in [0, 0.1) is 0 Å². The molecular formula is C17H23NO5. The summed E-state index contributed by atoms with van der Waals surface area (Å²) in [6.45, 7) is 4.23. The third kappa shape index (κ3) is 3.41. The van der Waals surface area contributed by atoms with Gasteiger partial charge in [0.2, 0.25) is 0 Å². The van der Waals surface area contributed by atoms with Crippen LogP contribution in [0.15, 0.2) is 12.1 Å². The average molecular weight is 321 g/mol.